The van der Waals surface area contributed by atoms with Gasteiger partial charge >= 0.3 is 0 Å². The largest absolute Gasteiger partial charge is 0.330 e. The monoisotopic (exact) mass is 388 g/mol. The second kappa shape index (κ2) is 8.45. The molecule has 0 spiro atoms. The molecule has 2 aromatic rings. The van der Waals surface area contributed by atoms with Gasteiger partial charge < -0.3 is 11.1 Å². The Morgan fingerprint density at radius 1 is 1.19 bits per heavy atom. The average molecular weight is 389 g/mol. The van der Waals surface area contributed by atoms with Crippen molar-refractivity contribution in [3.63, 3.8) is 0 Å². The first-order valence-corrected chi connectivity index (χ1v) is 8.98. The molecular weight excluding hydrogens is 371 g/mol. The summed E-state index contributed by atoms with van der Waals surface area (Å²) in [4.78, 5) is 21.3. The Bertz CT molecular complexity index is 865. The van der Waals surface area contributed by atoms with Crippen LogP contribution in [0.25, 0.3) is 5.70 Å². The first kappa shape index (κ1) is 18.6. The number of benzene rings is 1. The second-order valence-corrected chi connectivity index (χ2v) is 6.70. The van der Waals surface area contributed by atoms with Crippen molar-refractivity contribution in [1.29, 1.82) is 0 Å². The van der Waals surface area contributed by atoms with Gasteiger partial charge in [0.25, 0.3) is 0 Å². The lowest BCUT2D eigenvalue weighted by molar-refractivity contribution is -0.121. The van der Waals surface area contributed by atoms with Gasteiger partial charge in [0.2, 0.25) is 5.91 Å². The zero-order valence-electron chi connectivity index (χ0n) is 14.0. The number of aromatic nitrogens is 1. The number of carbonyl (C=O) groups is 1. The lowest BCUT2D eigenvalue weighted by Gasteiger charge is -2.17. The van der Waals surface area contributed by atoms with E-state index in [2.05, 4.69) is 15.3 Å². The van der Waals surface area contributed by atoms with E-state index < -0.39 is 5.92 Å². The molecule has 0 aliphatic carbocycles. The molecule has 2 heterocycles. The third-order valence-electron chi connectivity index (χ3n) is 4.11. The number of amidine groups is 1. The number of nitrogens with one attached hydrogen (secondary N) is 1. The SMILES string of the molecule is NCCC(C(=O)NC1=NC(c2ccncc2)=CC1)c1ccc(Cl)c(Cl)c1. The molecule has 0 saturated heterocycles. The Labute approximate surface area is 161 Å². The topological polar surface area (TPSA) is 80.4 Å². The smallest absolute Gasteiger partial charge is 0.232 e. The van der Waals surface area contributed by atoms with E-state index in [-0.39, 0.29) is 5.91 Å². The van der Waals surface area contributed by atoms with Crippen LogP contribution < -0.4 is 11.1 Å². The number of pyridine rings is 1. The van der Waals surface area contributed by atoms with Crippen LogP contribution in [-0.2, 0) is 4.79 Å². The zero-order chi connectivity index (χ0) is 18.5. The number of aliphatic imine (C=N–C) groups is 1. The predicted octanol–water partition coefficient (Wildman–Crippen LogP) is 3.78. The molecular formula is C19H18Cl2N4O. The highest BCUT2D eigenvalue weighted by Gasteiger charge is 2.23. The fraction of sp³-hybridized carbons (Fsp3) is 0.211. The summed E-state index contributed by atoms with van der Waals surface area (Å²) < 4.78 is 0. The summed E-state index contributed by atoms with van der Waals surface area (Å²) in [6.07, 6.45) is 6.47. The Balaban J connectivity index is 1.74. The summed E-state index contributed by atoms with van der Waals surface area (Å²) in [5.41, 5.74) is 8.27. The first-order chi connectivity index (χ1) is 12.6. The molecule has 1 aromatic carbocycles. The average Bonchev–Trinajstić information content (AvgIpc) is 3.11. The van der Waals surface area contributed by atoms with Crippen molar-refractivity contribution >= 4 is 40.6 Å². The van der Waals surface area contributed by atoms with Crippen LogP contribution in [-0.4, -0.2) is 23.3 Å². The molecule has 3 rings (SSSR count). The summed E-state index contributed by atoms with van der Waals surface area (Å²) in [5, 5.41) is 3.78. The molecule has 0 bridgehead atoms. The van der Waals surface area contributed by atoms with Crippen molar-refractivity contribution < 1.29 is 4.79 Å². The molecule has 0 saturated carbocycles. The normalized spacial score (nSPS) is 14.6. The van der Waals surface area contributed by atoms with Crippen LogP contribution in [0.5, 0.6) is 0 Å². The lowest BCUT2D eigenvalue weighted by Crippen LogP contribution is -2.34. The van der Waals surface area contributed by atoms with Crippen LogP contribution in [0.4, 0.5) is 0 Å². The first-order valence-electron chi connectivity index (χ1n) is 8.22. The number of nitrogens with zero attached hydrogens (tertiary/aromatic N) is 2. The fourth-order valence-electron chi connectivity index (χ4n) is 2.79. The van der Waals surface area contributed by atoms with E-state index in [9.17, 15) is 4.79 Å². The van der Waals surface area contributed by atoms with Gasteiger partial charge in [-0.2, -0.15) is 0 Å². The molecule has 1 atom stereocenters. The van der Waals surface area contributed by atoms with Crippen molar-refractivity contribution in [2.75, 3.05) is 6.54 Å². The van der Waals surface area contributed by atoms with Crippen molar-refractivity contribution in [3.05, 3.63) is 70.0 Å². The molecule has 0 radical (unpaired) electrons. The minimum atomic E-state index is -0.414. The molecule has 1 aliphatic heterocycles. The minimum absolute atomic E-state index is 0.156. The molecule has 26 heavy (non-hydrogen) atoms. The maximum atomic E-state index is 12.8. The van der Waals surface area contributed by atoms with Gasteiger partial charge in [-0.05, 0) is 42.8 Å². The summed E-state index contributed by atoms with van der Waals surface area (Å²) in [6.45, 7) is 0.380. The van der Waals surface area contributed by atoms with Gasteiger partial charge in [-0.25, -0.2) is 4.99 Å². The number of nitrogens with two attached hydrogens (primary N) is 1. The maximum absolute atomic E-state index is 12.8. The van der Waals surface area contributed by atoms with E-state index in [0.29, 0.717) is 35.3 Å². The van der Waals surface area contributed by atoms with Crippen molar-refractivity contribution in [2.45, 2.75) is 18.8 Å². The minimum Gasteiger partial charge on any atom is -0.330 e. The summed E-state index contributed by atoms with van der Waals surface area (Å²) in [6, 6.07) is 8.96. The molecule has 1 amide bonds. The second-order valence-electron chi connectivity index (χ2n) is 5.88. The van der Waals surface area contributed by atoms with Gasteiger partial charge in [0, 0.05) is 24.4 Å². The van der Waals surface area contributed by atoms with Crippen LogP contribution in [0.15, 0.2) is 53.8 Å². The van der Waals surface area contributed by atoms with Gasteiger partial charge in [0.15, 0.2) is 0 Å². The van der Waals surface area contributed by atoms with Gasteiger partial charge in [0.05, 0.1) is 21.7 Å². The molecule has 1 unspecified atom stereocenters. The number of halogens is 2. The van der Waals surface area contributed by atoms with E-state index >= 15 is 0 Å². The Kier molecular flexibility index (Phi) is 6.04. The molecule has 1 aromatic heterocycles. The molecule has 5 nitrogen and oxygen atoms in total. The Morgan fingerprint density at radius 3 is 2.65 bits per heavy atom. The highest BCUT2D eigenvalue weighted by atomic mass is 35.5. The quantitative estimate of drug-likeness (QED) is 0.817. The lowest BCUT2D eigenvalue weighted by atomic mass is 9.94. The molecule has 7 heteroatoms. The molecule has 134 valence electrons. The number of rotatable bonds is 5. The summed E-state index contributed by atoms with van der Waals surface area (Å²) >= 11 is 12.1. The third-order valence-corrected chi connectivity index (χ3v) is 4.84. The molecule has 3 N–H and O–H groups in total. The number of carbonyl (C=O) groups excluding carboxylic acids is 1. The van der Waals surface area contributed by atoms with Gasteiger partial charge in [-0.3, -0.25) is 9.78 Å². The van der Waals surface area contributed by atoms with Crippen LogP contribution in [0, 0.1) is 0 Å². The van der Waals surface area contributed by atoms with Crippen LogP contribution >= 0.6 is 23.2 Å². The van der Waals surface area contributed by atoms with Crippen molar-refractivity contribution in [2.24, 2.45) is 10.7 Å². The maximum Gasteiger partial charge on any atom is 0.232 e. The summed E-state index contributed by atoms with van der Waals surface area (Å²) in [7, 11) is 0. The van der Waals surface area contributed by atoms with Gasteiger partial charge in [0.1, 0.15) is 5.84 Å². The molecule has 1 aliphatic rings. The highest BCUT2D eigenvalue weighted by molar-refractivity contribution is 6.42. The predicted molar refractivity (Wildman–Crippen MR) is 105 cm³/mol. The van der Waals surface area contributed by atoms with Crippen molar-refractivity contribution in [1.82, 2.24) is 10.3 Å². The highest BCUT2D eigenvalue weighted by Crippen LogP contribution is 2.28. The van der Waals surface area contributed by atoms with E-state index in [1.165, 1.54) is 0 Å². The van der Waals surface area contributed by atoms with E-state index in [1.54, 1.807) is 30.6 Å². The van der Waals surface area contributed by atoms with E-state index in [1.807, 2.05) is 18.2 Å². The van der Waals surface area contributed by atoms with E-state index in [4.69, 9.17) is 28.9 Å². The number of hydrogen-bond acceptors (Lipinski definition) is 4. The van der Waals surface area contributed by atoms with Gasteiger partial charge in [-0.15, -0.1) is 0 Å². The van der Waals surface area contributed by atoms with Crippen LogP contribution in [0.2, 0.25) is 10.0 Å². The van der Waals surface area contributed by atoms with Gasteiger partial charge in [-0.1, -0.05) is 35.3 Å². The summed E-state index contributed by atoms with van der Waals surface area (Å²) in [5.74, 6) is 0.0447. The Hall–Kier alpha value is -2.21. The number of hydrogen-bond donors (Lipinski definition) is 2. The van der Waals surface area contributed by atoms with Crippen LogP contribution in [0.1, 0.15) is 29.9 Å². The Morgan fingerprint density at radius 2 is 1.96 bits per heavy atom. The standard InChI is InChI=1S/C19H18Cl2N4O/c20-15-2-1-13(11-16(15)21)14(5-8-22)19(26)25-18-4-3-17(24-18)12-6-9-23-10-7-12/h1-3,6-7,9-11,14H,4-5,8,22H2,(H,24,25,26). The number of amides is 1. The zero-order valence-corrected chi connectivity index (χ0v) is 15.5. The van der Waals surface area contributed by atoms with E-state index in [0.717, 1.165) is 16.8 Å². The van der Waals surface area contributed by atoms with Crippen molar-refractivity contribution in [3.8, 4) is 0 Å². The fourth-order valence-corrected chi connectivity index (χ4v) is 3.09. The van der Waals surface area contributed by atoms with Crippen LogP contribution in [0.3, 0.4) is 0 Å². The third kappa shape index (κ3) is 4.30. The molecule has 0 fully saturated rings.